The second kappa shape index (κ2) is 6.69. The molecular weight excluding hydrogens is 352 g/mol. The molecule has 0 spiro atoms. The van der Waals surface area contributed by atoms with E-state index in [9.17, 15) is 0 Å². The van der Waals surface area contributed by atoms with Crippen LogP contribution in [-0.4, -0.2) is 31.4 Å². The van der Waals surface area contributed by atoms with E-state index < -0.39 is 0 Å². The van der Waals surface area contributed by atoms with Gasteiger partial charge in [-0.15, -0.1) is 0 Å². The van der Waals surface area contributed by atoms with Gasteiger partial charge in [-0.1, -0.05) is 37.6 Å². The van der Waals surface area contributed by atoms with E-state index >= 15 is 0 Å². The third-order valence-electron chi connectivity index (χ3n) is 6.41. The zero-order valence-electron chi connectivity index (χ0n) is 16.4. The van der Waals surface area contributed by atoms with Crippen LogP contribution in [0.25, 0.3) is 0 Å². The van der Waals surface area contributed by atoms with Crippen LogP contribution in [0.3, 0.4) is 0 Å². The molecule has 3 atom stereocenters. The lowest BCUT2D eigenvalue weighted by molar-refractivity contribution is 0.319. The SMILES string of the molecule is Cc1cc(C2C(c3ccccn3)N=C3SC(C)CN32)c(C)n1C1CCCC1. The van der Waals surface area contributed by atoms with Crippen LogP contribution in [-0.2, 0) is 0 Å². The Hall–Kier alpha value is -1.75. The van der Waals surface area contributed by atoms with Crippen molar-refractivity contribution >= 4 is 16.9 Å². The molecular formula is C22H28N4S. The zero-order chi connectivity index (χ0) is 18.5. The standard InChI is InChI=1S/C22H28N4S/c1-14-12-18(16(3)26(14)17-8-4-5-9-17)21-20(19-10-6-7-11-23-19)24-22-25(21)13-15(2)27-22/h6-7,10-12,15,17,20-21H,4-5,8-9,13H2,1-3H3. The van der Waals surface area contributed by atoms with Crippen LogP contribution in [0.4, 0.5) is 0 Å². The summed E-state index contributed by atoms with van der Waals surface area (Å²) >= 11 is 1.92. The number of amidine groups is 1. The van der Waals surface area contributed by atoms with Crippen LogP contribution in [0, 0.1) is 13.8 Å². The molecule has 0 bridgehead atoms. The molecule has 0 N–H and O–H groups in total. The van der Waals surface area contributed by atoms with Crippen LogP contribution >= 0.6 is 11.8 Å². The van der Waals surface area contributed by atoms with E-state index in [1.54, 1.807) is 0 Å². The fourth-order valence-electron chi connectivity index (χ4n) is 5.28. The molecule has 27 heavy (non-hydrogen) atoms. The number of pyridine rings is 1. The fraction of sp³-hybridized carbons (Fsp3) is 0.545. The van der Waals surface area contributed by atoms with E-state index in [0.717, 1.165) is 12.2 Å². The van der Waals surface area contributed by atoms with Crippen molar-refractivity contribution in [1.29, 1.82) is 0 Å². The Morgan fingerprint density at radius 2 is 1.96 bits per heavy atom. The number of hydrogen-bond donors (Lipinski definition) is 0. The first-order chi connectivity index (χ1) is 13.1. The molecule has 2 fully saturated rings. The van der Waals surface area contributed by atoms with Gasteiger partial charge in [-0.25, -0.2) is 0 Å². The van der Waals surface area contributed by atoms with Crippen molar-refractivity contribution in [3.63, 3.8) is 0 Å². The quantitative estimate of drug-likeness (QED) is 0.733. The molecule has 1 saturated carbocycles. The van der Waals surface area contributed by atoms with Crippen molar-refractivity contribution in [2.45, 2.75) is 69.8 Å². The van der Waals surface area contributed by atoms with E-state index in [1.165, 1.54) is 47.8 Å². The summed E-state index contributed by atoms with van der Waals surface area (Å²) < 4.78 is 2.61. The van der Waals surface area contributed by atoms with Gasteiger partial charge in [-0.05, 0) is 50.5 Å². The summed E-state index contributed by atoms with van der Waals surface area (Å²) in [7, 11) is 0. The third-order valence-corrected chi connectivity index (χ3v) is 7.52. The lowest BCUT2D eigenvalue weighted by Gasteiger charge is -2.28. The predicted octanol–water partition coefficient (Wildman–Crippen LogP) is 5.20. The first-order valence-corrected chi connectivity index (χ1v) is 11.1. The largest absolute Gasteiger partial charge is 0.346 e. The zero-order valence-corrected chi connectivity index (χ0v) is 17.2. The molecule has 4 heterocycles. The summed E-state index contributed by atoms with van der Waals surface area (Å²) in [5.41, 5.74) is 5.38. The first-order valence-electron chi connectivity index (χ1n) is 10.2. The number of rotatable bonds is 3. The van der Waals surface area contributed by atoms with E-state index in [-0.39, 0.29) is 12.1 Å². The maximum atomic E-state index is 5.14. The van der Waals surface area contributed by atoms with Gasteiger partial charge < -0.3 is 9.47 Å². The summed E-state index contributed by atoms with van der Waals surface area (Å²) in [6, 6.07) is 9.69. The molecule has 2 aliphatic heterocycles. The lowest BCUT2D eigenvalue weighted by atomic mass is 9.96. The maximum absolute atomic E-state index is 5.14. The van der Waals surface area contributed by atoms with Gasteiger partial charge in [0, 0.05) is 35.4 Å². The molecule has 2 aromatic heterocycles. The first kappa shape index (κ1) is 17.4. The second-order valence-corrected chi connectivity index (χ2v) is 9.68. The van der Waals surface area contributed by atoms with Crippen molar-refractivity contribution in [2.24, 2.45) is 4.99 Å². The Morgan fingerprint density at radius 3 is 2.70 bits per heavy atom. The summed E-state index contributed by atoms with van der Waals surface area (Å²) in [5.74, 6) is 0. The van der Waals surface area contributed by atoms with Gasteiger partial charge in [-0.3, -0.25) is 9.98 Å². The Kier molecular flexibility index (Phi) is 4.30. The average Bonchev–Trinajstić information content (AvgIpc) is 3.40. The minimum absolute atomic E-state index is 0.0960. The van der Waals surface area contributed by atoms with Gasteiger partial charge in [0.15, 0.2) is 5.17 Å². The average molecular weight is 381 g/mol. The van der Waals surface area contributed by atoms with E-state index in [1.807, 2.05) is 24.0 Å². The molecule has 2 aromatic rings. The minimum Gasteiger partial charge on any atom is -0.346 e. The molecule has 0 aromatic carbocycles. The number of aryl methyl sites for hydroxylation is 1. The van der Waals surface area contributed by atoms with Gasteiger partial charge in [0.25, 0.3) is 0 Å². The monoisotopic (exact) mass is 380 g/mol. The van der Waals surface area contributed by atoms with Crippen LogP contribution < -0.4 is 0 Å². The van der Waals surface area contributed by atoms with Gasteiger partial charge in [0.1, 0.15) is 6.04 Å². The Labute approximate surface area is 166 Å². The van der Waals surface area contributed by atoms with E-state index in [0.29, 0.717) is 11.3 Å². The smallest absolute Gasteiger partial charge is 0.160 e. The topological polar surface area (TPSA) is 33.4 Å². The molecule has 0 amide bonds. The van der Waals surface area contributed by atoms with Gasteiger partial charge in [-0.2, -0.15) is 0 Å². The molecule has 3 aliphatic rings. The van der Waals surface area contributed by atoms with Gasteiger partial charge >= 0.3 is 0 Å². The highest BCUT2D eigenvalue weighted by molar-refractivity contribution is 8.14. The predicted molar refractivity (Wildman–Crippen MR) is 112 cm³/mol. The van der Waals surface area contributed by atoms with E-state index in [4.69, 9.17) is 4.99 Å². The van der Waals surface area contributed by atoms with E-state index in [2.05, 4.69) is 53.4 Å². The number of fused-ring (bicyclic) bond motifs is 1. The normalized spacial score (nSPS) is 28.0. The molecule has 4 nitrogen and oxygen atoms in total. The Bertz CT molecular complexity index is 866. The van der Waals surface area contributed by atoms with Crippen molar-refractivity contribution < 1.29 is 0 Å². The minimum atomic E-state index is 0.0960. The molecule has 1 saturated heterocycles. The number of hydrogen-bond acceptors (Lipinski definition) is 4. The highest BCUT2D eigenvalue weighted by Crippen LogP contribution is 2.49. The molecule has 0 radical (unpaired) electrons. The number of aliphatic imine (C=N–C) groups is 1. The lowest BCUT2D eigenvalue weighted by Crippen LogP contribution is -2.29. The maximum Gasteiger partial charge on any atom is 0.160 e. The molecule has 5 rings (SSSR count). The van der Waals surface area contributed by atoms with Gasteiger partial charge in [0.05, 0.1) is 11.7 Å². The van der Waals surface area contributed by atoms with Crippen molar-refractivity contribution in [2.75, 3.05) is 6.54 Å². The molecule has 3 unspecified atom stereocenters. The highest BCUT2D eigenvalue weighted by atomic mass is 32.2. The van der Waals surface area contributed by atoms with Crippen molar-refractivity contribution in [3.05, 3.63) is 53.1 Å². The van der Waals surface area contributed by atoms with Gasteiger partial charge in [0.2, 0.25) is 0 Å². The number of thioether (sulfide) groups is 1. The summed E-state index contributed by atoms with van der Waals surface area (Å²) in [6.07, 6.45) is 7.27. The summed E-state index contributed by atoms with van der Waals surface area (Å²) in [6.45, 7) is 7.98. The molecule has 1 aliphatic carbocycles. The van der Waals surface area contributed by atoms with Crippen LogP contribution in [0.5, 0.6) is 0 Å². The second-order valence-electron chi connectivity index (χ2n) is 8.27. The number of aromatic nitrogens is 2. The number of nitrogens with zero attached hydrogens (tertiary/aromatic N) is 4. The molecule has 142 valence electrons. The van der Waals surface area contributed by atoms with Crippen LogP contribution in [0.15, 0.2) is 35.5 Å². The van der Waals surface area contributed by atoms with Crippen molar-refractivity contribution in [3.8, 4) is 0 Å². The highest BCUT2D eigenvalue weighted by Gasteiger charge is 2.44. The fourth-order valence-corrected chi connectivity index (χ4v) is 6.37. The Morgan fingerprint density at radius 1 is 1.15 bits per heavy atom. The molecule has 5 heteroatoms. The third kappa shape index (κ3) is 2.82. The van der Waals surface area contributed by atoms with Crippen LogP contribution in [0.2, 0.25) is 0 Å². The van der Waals surface area contributed by atoms with Crippen LogP contribution in [0.1, 0.15) is 73.4 Å². The van der Waals surface area contributed by atoms with Crippen molar-refractivity contribution in [1.82, 2.24) is 14.5 Å². The summed E-state index contributed by atoms with van der Waals surface area (Å²) in [4.78, 5) is 12.3. The Balaban J connectivity index is 1.58. The summed E-state index contributed by atoms with van der Waals surface area (Å²) in [5, 5.41) is 1.81.